The van der Waals surface area contributed by atoms with Crippen molar-refractivity contribution >= 4 is 34.2 Å². The first kappa shape index (κ1) is 14.4. The Morgan fingerprint density at radius 1 is 1.24 bits per heavy atom. The van der Waals surface area contributed by atoms with Gasteiger partial charge >= 0.3 is 0 Å². The van der Waals surface area contributed by atoms with E-state index in [1.807, 2.05) is 42.7 Å². The zero-order valence-corrected chi connectivity index (χ0v) is 13.1. The first-order valence-electron chi connectivity index (χ1n) is 6.56. The molecule has 0 N–H and O–H groups in total. The highest BCUT2D eigenvalue weighted by molar-refractivity contribution is 6.31. The molecule has 1 unspecified atom stereocenters. The number of hydrogen-bond donors (Lipinski definition) is 0. The van der Waals surface area contributed by atoms with Gasteiger partial charge in [-0.3, -0.25) is 4.57 Å². The number of hydrogen-bond acceptors (Lipinski definition) is 1. The fourth-order valence-corrected chi connectivity index (χ4v) is 2.70. The Kier molecular flexibility index (Phi) is 3.64. The van der Waals surface area contributed by atoms with E-state index in [1.54, 1.807) is 0 Å². The minimum Gasteiger partial charge on any atom is -0.295 e. The third-order valence-electron chi connectivity index (χ3n) is 3.34. The topological polar surface area (TPSA) is 17.8 Å². The molecular weight excluding hydrogens is 310 g/mol. The maximum Gasteiger partial charge on any atom is 0.144 e. The van der Waals surface area contributed by atoms with E-state index in [9.17, 15) is 4.39 Å². The predicted molar refractivity (Wildman–Crippen MR) is 85.0 cm³/mol. The summed E-state index contributed by atoms with van der Waals surface area (Å²) in [5.41, 5.74) is 3.30. The molecule has 3 aromatic rings. The molecule has 0 saturated carbocycles. The van der Waals surface area contributed by atoms with Gasteiger partial charge in [-0.25, -0.2) is 9.37 Å². The van der Waals surface area contributed by atoms with E-state index in [0.29, 0.717) is 16.9 Å². The number of alkyl halides is 1. The Bertz CT molecular complexity index is 825. The lowest BCUT2D eigenvalue weighted by Crippen LogP contribution is -2.02. The molecule has 2 aromatic carbocycles. The monoisotopic (exact) mass is 322 g/mol. The summed E-state index contributed by atoms with van der Waals surface area (Å²) in [5.74, 6) is 0.200. The number of aromatic nitrogens is 2. The zero-order chi connectivity index (χ0) is 15.1. The molecule has 1 heterocycles. The van der Waals surface area contributed by atoms with E-state index in [1.165, 1.54) is 12.1 Å². The van der Waals surface area contributed by atoms with E-state index >= 15 is 0 Å². The lowest BCUT2D eigenvalue weighted by Gasteiger charge is -2.11. The van der Waals surface area contributed by atoms with Crippen molar-refractivity contribution < 1.29 is 4.39 Å². The highest BCUT2D eigenvalue weighted by Gasteiger charge is 2.18. The Balaban J connectivity index is 2.38. The summed E-state index contributed by atoms with van der Waals surface area (Å²) in [5, 5.41) is -0.245. The molecule has 0 amide bonds. The van der Waals surface area contributed by atoms with Crippen LogP contribution in [-0.4, -0.2) is 9.55 Å². The van der Waals surface area contributed by atoms with Crippen LogP contribution in [0, 0.1) is 12.7 Å². The van der Waals surface area contributed by atoms with Crippen LogP contribution < -0.4 is 0 Å². The van der Waals surface area contributed by atoms with Gasteiger partial charge in [0, 0.05) is 11.8 Å². The lowest BCUT2D eigenvalue weighted by atomic mass is 10.2. The van der Waals surface area contributed by atoms with Crippen LogP contribution in [0.15, 0.2) is 36.4 Å². The van der Waals surface area contributed by atoms with Crippen LogP contribution in [0.25, 0.3) is 16.7 Å². The maximum absolute atomic E-state index is 13.8. The van der Waals surface area contributed by atoms with Crippen LogP contribution in [0.3, 0.4) is 0 Å². The minimum atomic E-state index is -0.466. The third kappa shape index (κ3) is 2.52. The standard InChI is InChI=1S/C16H13Cl2FN2/c1-9-4-3-5-11(6-9)21-15-8-13(19)12(18)7-14(15)20-16(21)10(2)17/h3-8,10H,1-2H3. The Morgan fingerprint density at radius 2 is 2.00 bits per heavy atom. The first-order valence-corrected chi connectivity index (χ1v) is 7.37. The molecule has 2 nitrogen and oxygen atoms in total. The Morgan fingerprint density at radius 3 is 2.67 bits per heavy atom. The molecule has 1 aromatic heterocycles. The Hall–Kier alpha value is -1.58. The molecule has 0 spiro atoms. The van der Waals surface area contributed by atoms with Crippen LogP contribution in [0.1, 0.15) is 23.7 Å². The second kappa shape index (κ2) is 5.32. The second-order valence-electron chi connectivity index (χ2n) is 5.02. The van der Waals surface area contributed by atoms with Crippen molar-refractivity contribution in [3.05, 3.63) is 58.6 Å². The molecule has 1 atom stereocenters. The average Bonchev–Trinajstić information content (AvgIpc) is 2.78. The van der Waals surface area contributed by atoms with Crippen LogP contribution in [0.2, 0.25) is 5.02 Å². The molecule has 0 radical (unpaired) electrons. The lowest BCUT2D eigenvalue weighted by molar-refractivity contribution is 0.629. The molecule has 0 bridgehead atoms. The van der Waals surface area contributed by atoms with Crippen molar-refractivity contribution in [2.75, 3.05) is 0 Å². The number of aryl methyl sites for hydroxylation is 1. The largest absolute Gasteiger partial charge is 0.295 e. The molecule has 0 aliphatic heterocycles. The van der Waals surface area contributed by atoms with Gasteiger partial charge in [0.15, 0.2) is 0 Å². The van der Waals surface area contributed by atoms with Crippen LogP contribution in [0.4, 0.5) is 4.39 Å². The Labute approximate surface area is 132 Å². The molecule has 21 heavy (non-hydrogen) atoms. The van der Waals surface area contributed by atoms with Crippen molar-refractivity contribution in [3.8, 4) is 5.69 Å². The average molecular weight is 323 g/mol. The number of fused-ring (bicyclic) bond motifs is 1. The number of nitrogens with zero attached hydrogens (tertiary/aromatic N) is 2. The van der Waals surface area contributed by atoms with Crippen molar-refractivity contribution in [2.45, 2.75) is 19.2 Å². The van der Waals surface area contributed by atoms with Crippen molar-refractivity contribution in [3.63, 3.8) is 0 Å². The second-order valence-corrected chi connectivity index (χ2v) is 6.08. The summed E-state index contributed by atoms with van der Waals surface area (Å²) in [7, 11) is 0. The number of imidazole rings is 1. The van der Waals surface area contributed by atoms with Gasteiger partial charge in [0.1, 0.15) is 11.6 Å². The van der Waals surface area contributed by atoms with E-state index in [0.717, 1.165) is 11.3 Å². The molecule has 0 aliphatic carbocycles. The van der Waals surface area contributed by atoms with Crippen LogP contribution >= 0.6 is 23.2 Å². The maximum atomic E-state index is 13.8. The van der Waals surface area contributed by atoms with Crippen LogP contribution in [-0.2, 0) is 0 Å². The third-order valence-corrected chi connectivity index (χ3v) is 3.82. The summed E-state index contributed by atoms with van der Waals surface area (Å²) in [6.45, 7) is 3.84. The molecule has 108 valence electrons. The number of rotatable bonds is 2. The van der Waals surface area contributed by atoms with Gasteiger partial charge in [0.05, 0.1) is 21.4 Å². The normalized spacial score (nSPS) is 12.8. The van der Waals surface area contributed by atoms with E-state index in [-0.39, 0.29) is 10.4 Å². The predicted octanol–water partition coefficient (Wildman–Crippen LogP) is 5.43. The number of benzene rings is 2. The summed E-state index contributed by atoms with van der Waals surface area (Å²) in [4.78, 5) is 4.50. The molecule has 0 saturated heterocycles. The summed E-state index contributed by atoms with van der Waals surface area (Å²) >= 11 is 12.1. The van der Waals surface area contributed by atoms with Gasteiger partial charge in [-0.1, -0.05) is 23.7 Å². The zero-order valence-electron chi connectivity index (χ0n) is 11.6. The molecule has 0 aliphatic rings. The summed E-state index contributed by atoms with van der Waals surface area (Å²) in [6.07, 6.45) is 0. The highest BCUT2D eigenvalue weighted by Crippen LogP contribution is 2.31. The summed E-state index contributed by atoms with van der Waals surface area (Å²) in [6, 6.07) is 10.8. The fraction of sp³-hybridized carbons (Fsp3) is 0.188. The minimum absolute atomic E-state index is 0.0603. The van der Waals surface area contributed by atoms with Gasteiger partial charge < -0.3 is 0 Å². The highest BCUT2D eigenvalue weighted by atomic mass is 35.5. The SMILES string of the molecule is Cc1cccc(-n2c(C(C)Cl)nc3cc(Cl)c(F)cc32)c1. The first-order chi connectivity index (χ1) is 9.97. The van der Waals surface area contributed by atoms with Gasteiger partial charge in [0.2, 0.25) is 0 Å². The van der Waals surface area contributed by atoms with E-state index in [2.05, 4.69) is 4.98 Å². The van der Waals surface area contributed by atoms with Gasteiger partial charge in [-0.05, 0) is 37.6 Å². The summed E-state index contributed by atoms with van der Waals surface area (Å²) < 4.78 is 15.7. The van der Waals surface area contributed by atoms with E-state index in [4.69, 9.17) is 23.2 Å². The molecule has 5 heteroatoms. The van der Waals surface area contributed by atoms with Crippen molar-refractivity contribution in [2.24, 2.45) is 0 Å². The van der Waals surface area contributed by atoms with Crippen LogP contribution in [0.5, 0.6) is 0 Å². The van der Waals surface area contributed by atoms with Crippen molar-refractivity contribution in [1.29, 1.82) is 0 Å². The quantitative estimate of drug-likeness (QED) is 0.575. The van der Waals surface area contributed by atoms with E-state index < -0.39 is 5.82 Å². The molecule has 3 rings (SSSR count). The molecular formula is C16H13Cl2FN2. The van der Waals surface area contributed by atoms with Gasteiger partial charge in [-0.15, -0.1) is 11.6 Å². The van der Waals surface area contributed by atoms with Gasteiger partial charge in [-0.2, -0.15) is 0 Å². The molecule has 0 fully saturated rings. The van der Waals surface area contributed by atoms with Crippen molar-refractivity contribution in [1.82, 2.24) is 9.55 Å². The van der Waals surface area contributed by atoms with Gasteiger partial charge in [0.25, 0.3) is 0 Å². The smallest absolute Gasteiger partial charge is 0.144 e. The number of halogens is 3. The fourth-order valence-electron chi connectivity index (χ4n) is 2.40.